The number of carbonyl (C=O) groups is 1. The minimum Gasteiger partial charge on any atom is -0.370 e. The van der Waals surface area contributed by atoms with Crippen LogP contribution in [-0.2, 0) is 4.79 Å². The van der Waals surface area contributed by atoms with Gasteiger partial charge in [-0.15, -0.1) is 0 Å². The van der Waals surface area contributed by atoms with E-state index in [9.17, 15) is 4.79 Å². The highest BCUT2D eigenvalue weighted by atomic mass is 16.2. The molecule has 0 bridgehead atoms. The lowest BCUT2D eigenvalue weighted by atomic mass is 10.4. The van der Waals surface area contributed by atoms with Crippen molar-refractivity contribution in [3.05, 3.63) is 0 Å². The van der Waals surface area contributed by atoms with Gasteiger partial charge in [-0.2, -0.15) is 0 Å². The average molecular weight is 143 g/mol. The Kier molecular flexibility index (Phi) is 3.46. The number of hydrogen-bond donors (Lipinski definition) is 2. The normalized spacial score (nSPS) is 9.00. The van der Waals surface area contributed by atoms with Gasteiger partial charge in [0, 0.05) is 13.0 Å². The largest absolute Gasteiger partial charge is 0.370 e. The van der Waals surface area contributed by atoms with Crippen LogP contribution in [0.5, 0.6) is 0 Å². The van der Waals surface area contributed by atoms with E-state index in [4.69, 9.17) is 11.1 Å². The third-order valence-corrected chi connectivity index (χ3v) is 1.21. The van der Waals surface area contributed by atoms with Crippen molar-refractivity contribution in [2.24, 2.45) is 5.73 Å². The first kappa shape index (κ1) is 8.94. The van der Waals surface area contributed by atoms with E-state index in [1.54, 1.807) is 13.8 Å². The molecule has 58 valence electrons. The fourth-order valence-electron chi connectivity index (χ4n) is 0.672. The van der Waals surface area contributed by atoms with E-state index in [1.807, 2.05) is 0 Å². The van der Waals surface area contributed by atoms with Gasteiger partial charge in [-0.25, -0.2) is 0 Å². The number of nitrogens with zero attached hydrogens (tertiary/aromatic N) is 1. The third kappa shape index (κ3) is 2.05. The Balaban J connectivity index is 4.06. The van der Waals surface area contributed by atoms with Crippen molar-refractivity contribution in [2.45, 2.75) is 20.3 Å². The molecule has 0 aliphatic carbocycles. The molecule has 0 aromatic rings. The molecule has 0 aromatic carbocycles. The van der Waals surface area contributed by atoms with Crippen molar-refractivity contribution >= 4 is 11.9 Å². The molecular weight excluding hydrogens is 130 g/mol. The molecule has 0 saturated carbocycles. The average Bonchev–Trinajstić information content (AvgIpc) is 1.88. The van der Waals surface area contributed by atoms with Crippen LogP contribution >= 0.6 is 0 Å². The Morgan fingerprint density at radius 2 is 2.10 bits per heavy atom. The Hall–Kier alpha value is -1.06. The molecule has 0 aliphatic heterocycles. The number of carbonyl (C=O) groups excluding carboxylic acids is 1. The van der Waals surface area contributed by atoms with Crippen LogP contribution in [0.4, 0.5) is 0 Å². The number of rotatable bonds is 2. The summed E-state index contributed by atoms with van der Waals surface area (Å²) >= 11 is 0. The lowest BCUT2D eigenvalue weighted by Gasteiger charge is -2.16. The quantitative estimate of drug-likeness (QED) is 0.426. The van der Waals surface area contributed by atoms with Crippen LogP contribution in [-0.4, -0.2) is 23.3 Å². The second kappa shape index (κ2) is 3.87. The lowest BCUT2D eigenvalue weighted by molar-refractivity contribution is -0.126. The molecule has 0 aromatic heterocycles. The van der Waals surface area contributed by atoms with E-state index in [0.717, 1.165) is 0 Å². The smallest absolute Gasteiger partial charge is 0.228 e. The second-order valence-corrected chi connectivity index (χ2v) is 1.88. The fraction of sp³-hybridized carbons (Fsp3) is 0.667. The monoisotopic (exact) mass is 143 g/mol. The van der Waals surface area contributed by atoms with E-state index < -0.39 is 0 Å². The zero-order chi connectivity index (χ0) is 8.15. The molecule has 4 heteroatoms. The predicted molar refractivity (Wildman–Crippen MR) is 39.6 cm³/mol. The molecule has 0 unspecified atom stereocenters. The summed E-state index contributed by atoms with van der Waals surface area (Å²) in [6, 6.07) is 0. The number of guanidine groups is 1. The minimum absolute atomic E-state index is 0.102. The Labute approximate surface area is 60.5 Å². The molecule has 0 atom stereocenters. The van der Waals surface area contributed by atoms with Gasteiger partial charge < -0.3 is 5.73 Å². The maximum absolute atomic E-state index is 10.9. The molecule has 4 nitrogen and oxygen atoms in total. The SMILES string of the molecule is CCC(=O)N(CC)C(=N)N. The Morgan fingerprint density at radius 3 is 2.20 bits per heavy atom. The zero-order valence-corrected chi connectivity index (χ0v) is 6.35. The maximum atomic E-state index is 10.9. The van der Waals surface area contributed by atoms with E-state index in [-0.39, 0.29) is 11.9 Å². The third-order valence-electron chi connectivity index (χ3n) is 1.21. The summed E-state index contributed by atoms with van der Waals surface area (Å²) < 4.78 is 0. The van der Waals surface area contributed by atoms with Gasteiger partial charge in [0.2, 0.25) is 5.91 Å². The molecule has 1 amide bonds. The van der Waals surface area contributed by atoms with Crippen molar-refractivity contribution in [1.29, 1.82) is 5.41 Å². The van der Waals surface area contributed by atoms with Crippen LogP contribution in [0.3, 0.4) is 0 Å². The summed E-state index contributed by atoms with van der Waals surface area (Å²) in [5.41, 5.74) is 5.11. The highest BCUT2D eigenvalue weighted by Gasteiger charge is 2.10. The van der Waals surface area contributed by atoms with Gasteiger partial charge in [0.05, 0.1) is 0 Å². The fourth-order valence-corrected chi connectivity index (χ4v) is 0.672. The highest BCUT2D eigenvalue weighted by molar-refractivity contribution is 5.94. The van der Waals surface area contributed by atoms with Gasteiger partial charge in [0.25, 0.3) is 0 Å². The summed E-state index contributed by atoms with van der Waals surface area (Å²) in [5.74, 6) is -0.274. The molecule has 0 spiro atoms. The van der Waals surface area contributed by atoms with Crippen LogP contribution in [0, 0.1) is 5.41 Å². The summed E-state index contributed by atoms with van der Waals surface area (Å²) in [5, 5.41) is 6.97. The highest BCUT2D eigenvalue weighted by Crippen LogP contribution is 1.90. The maximum Gasteiger partial charge on any atom is 0.228 e. The topological polar surface area (TPSA) is 70.2 Å². The van der Waals surface area contributed by atoms with Crippen LogP contribution < -0.4 is 5.73 Å². The summed E-state index contributed by atoms with van der Waals surface area (Å²) in [6.07, 6.45) is 0.396. The van der Waals surface area contributed by atoms with E-state index >= 15 is 0 Å². The van der Waals surface area contributed by atoms with Crippen LogP contribution in [0.1, 0.15) is 20.3 Å². The summed E-state index contributed by atoms with van der Waals surface area (Å²) in [4.78, 5) is 12.1. The number of amides is 1. The second-order valence-electron chi connectivity index (χ2n) is 1.88. The molecule has 10 heavy (non-hydrogen) atoms. The molecule has 0 saturated heterocycles. The first-order valence-corrected chi connectivity index (χ1v) is 3.27. The molecule has 0 rings (SSSR count). The standard InChI is InChI=1S/C6H13N3O/c1-3-5(10)9(4-2)6(7)8/h3-4H2,1-2H3,(H3,7,8). The number of hydrogen-bond acceptors (Lipinski definition) is 2. The van der Waals surface area contributed by atoms with Crippen molar-refractivity contribution in [1.82, 2.24) is 4.90 Å². The van der Waals surface area contributed by atoms with Gasteiger partial charge in [-0.05, 0) is 6.92 Å². The van der Waals surface area contributed by atoms with E-state index in [0.29, 0.717) is 13.0 Å². The lowest BCUT2D eigenvalue weighted by Crippen LogP contribution is -2.40. The number of nitrogens with two attached hydrogens (primary N) is 1. The number of nitrogens with one attached hydrogen (secondary N) is 1. The van der Waals surface area contributed by atoms with Crippen molar-refractivity contribution in [3.63, 3.8) is 0 Å². The van der Waals surface area contributed by atoms with Crippen molar-refractivity contribution in [3.8, 4) is 0 Å². The van der Waals surface area contributed by atoms with Gasteiger partial charge in [-0.3, -0.25) is 15.1 Å². The molecule has 0 aliphatic rings. The Morgan fingerprint density at radius 1 is 1.60 bits per heavy atom. The minimum atomic E-state index is -0.172. The molecule has 0 radical (unpaired) electrons. The molecular formula is C6H13N3O. The van der Waals surface area contributed by atoms with Gasteiger partial charge in [0.1, 0.15) is 0 Å². The van der Waals surface area contributed by atoms with E-state index in [2.05, 4.69) is 0 Å². The van der Waals surface area contributed by atoms with Gasteiger partial charge in [0.15, 0.2) is 5.96 Å². The zero-order valence-electron chi connectivity index (χ0n) is 6.35. The van der Waals surface area contributed by atoms with E-state index in [1.165, 1.54) is 4.90 Å². The summed E-state index contributed by atoms with van der Waals surface area (Å²) in [7, 11) is 0. The molecule has 3 N–H and O–H groups in total. The first-order valence-electron chi connectivity index (χ1n) is 3.27. The predicted octanol–water partition coefficient (Wildman–Crippen LogP) is 0.138. The summed E-state index contributed by atoms with van der Waals surface area (Å²) in [6.45, 7) is 4.00. The van der Waals surface area contributed by atoms with Crippen LogP contribution in [0.2, 0.25) is 0 Å². The molecule has 0 fully saturated rings. The molecule has 0 heterocycles. The van der Waals surface area contributed by atoms with Crippen molar-refractivity contribution in [2.75, 3.05) is 6.54 Å². The first-order chi connectivity index (χ1) is 4.63. The van der Waals surface area contributed by atoms with Gasteiger partial charge in [-0.1, -0.05) is 6.92 Å². The van der Waals surface area contributed by atoms with Crippen LogP contribution in [0.25, 0.3) is 0 Å². The van der Waals surface area contributed by atoms with Crippen LogP contribution in [0.15, 0.2) is 0 Å². The Bertz CT molecular complexity index is 144. The van der Waals surface area contributed by atoms with Gasteiger partial charge >= 0.3 is 0 Å². The van der Waals surface area contributed by atoms with Crippen molar-refractivity contribution < 1.29 is 4.79 Å².